The van der Waals surface area contributed by atoms with Crippen molar-refractivity contribution in [1.29, 1.82) is 0 Å². The standard InChI is InChI=1S/C12H11F17O3Si.C10H4Cl3F17Si.C2H6/c1-31-33(30,32-2)4-3-5(13,14)6(15,16)7(17,18)8(19,20)9(21,22)10(23,24)11(25,26)12(27,28)29;11-31(12,13)2-1-3(14,15)4(16,17)5(18,19)6(20,21)7(22,23)8(24,25)9(26,27)10(28,29)30;1-2/h30H,3-4H2,1-2H3;1-2H2;1-2H3. The summed E-state index contributed by atoms with van der Waals surface area (Å²) in [6, 6.07) is -7.94. The lowest BCUT2D eigenvalue weighted by Gasteiger charge is -2.43. The van der Waals surface area contributed by atoms with E-state index in [1.807, 2.05) is 13.8 Å². The van der Waals surface area contributed by atoms with Crippen molar-refractivity contribution in [2.45, 2.75) is 134 Å². The van der Waals surface area contributed by atoms with E-state index in [-0.39, 0.29) is 0 Å². The van der Waals surface area contributed by atoms with Gasteiger partial charge in [0.05, 0.1) is 0 Å². The maximum Gasteiger partial charge on any atom is 0.497 e. The van der Waals surface area contributed by atoms with E-state index in [1.165, 1.54) is 0 Å². The Labute approximate surface area is 359 Å². The molecule has 0 aliphatic carbocycles. The van der Waals surface area contributed by atoms with Gasteiger partial charge in [-0.25, -0.2) is 0 Å². The third-order valence-electron chi connectivity index (χ3n) is 7.69. The Balaban J connectivity index is -0.00000116. The van der Waals surface area contributed by atoms with Crippen molar-refractivity contribution < 1.29 is 163 Å². The average Bonchev–Trinajstić information content (AvgIpc) is 3.11. The first-order valence-electron chi connectivity index (χ1n) is 15.4. The Hall–Kier alpha value is -1.20. The van der Waals surface area contributed by atoms with Crippen molar-refractivity contribution >= 4 is 48.0 Å². The monoisotopic (exact) mass is 1160 g/mol. The molecule has 0 saturated carbocycles. The Morgan fingerprint density at radius 2 is 0.485 bits per heavy atom. The molecule has 0 unspecified atom stereocenters. The summed E-state index contributed by atoms with van der Waals surface area (Å²) < 4.78 is 451. The van der Waals surface area contributed by atoms with Gasteiger partial charge in [-0.3, -0.25) is 0 Å². The van der Waals surface area contributed by atoms with Crippen molar-refractivity contribution in [3.63, 3.8) is 0 Å². The number of hydrogen-bond acceptors (Lipinski definition) is 3. The molecule has 0 rings (SSSR count). The van der Waals surface area contributed by atoms with Gasteiger partial charge in [-0.1, -0.05) is 13.8 Å². The predicted molar refractivity (Wildman–Crippen MR) is 157 cm³/mol. The third kappa shape index (κ3) is 11.4. The molecule has 0 spiro atoms. The van der Waals surface area contributed by atoms with Gasteiger partial charge >= 0.3 is 110 Å². The zero-order valence-electron chi connectivity index (χ0n) is 31.1. The highest BCUT2D eigenvalue weighted by Gasteiger charge is 2.97. The molecule has 0 heterocycles. The fraction of sp³-hybridized carbons (Fsp3) is 1.00. The van der Waals surface area contributed by atoms with Gasteiger partial charge in [-0.2, -0.15) is 149 Å². The zero-order valence-corrected chi connectivity index (χ0v) is 35.3. The molecule has 0 atom stereocenters. The van der Waals surface area contributed by atoms with Crippen LogP contribution in [0.3, 0.4) is 0 Å². The van der Waals surface area contributed by atoms with Gasteiger partial charge in [-0.15, -0.1) is 33.2 Å². The Morgan fingerprint density at radius 3 is 0.652 bits per heavy atom. The molecule has 66 heavy (non-hydrogen) atoms. The Kier molecular flexibility index (Phi) is 20.7. The van der Waals surface area contributed by atoms with E-state index >= 15 is 0 Å². The third-order valence-corrected chi connectivity index (χ3v) is 12.4. The molecule has 0 aromatic carbocycles. The summed E-state index contributed by atoms with van der Waals surface area (Å²) in [6.45, 7) is 4.00. The van der Waals surface area contributed by atoms with Gasteiger partial charge in [0.25, 0.3) is 0 Å². The molecule has 0 aliphatic heterocycles. The van der Waals surface area contributed by atoms with Crippen LogP contribution in [0.1, 0.15) is 26.7 Å². The lowest BCUT2D eigenvalue weighted by Crippen LogP contribution is -2.74. The largest absolute Gasteiger partial charge is 0.497 e. The number of halogens is 37. The highest BCUT2D eigenvalue weighted by atomic mass is 35.8. The van der Waals surface area contributed by atoms with Crippen LogP contribution in [0.25, 0.3) is 0 Å². The summed E-state index contributed by atoms with van der Waals surface area (Å²) in [5, 5.41) is 0. The molecule has 3 nitrogen and oxygen atoms in total. The van der Waals surface area contributed by atoms with E-state index in [0.29, 0.717) is 14.2 Å². The number of rotatable bonds is 20. The first kappa shape index (κ1) is 69.1. The van der Waals surface area contributed by atoms with E-state index in [9.17, 15) is 154 Å². The van der Waals surface area contributed by atoms with E-state index in [1.54, 1.807) is 0 Å². The van der Waals surface area contributed by atoms with Gasteiger partial charge in [0.2, 0.25) is 0 Å². The normalized spacial score (nSPS) is 16.1. The van der Waals surface area contributed by atoms with Crippen molar-refractivity contribution in [2.75, 3.05) is 14.2 Å². The van der Waals surface area contributed by atoms with Crippen molar-refractivity contribution in [3.8, 4) is 0 Å². The number of hydrogen-bond donors (Lipinski definition) is 1. The number of alkyl halides is 34. The minimum atomic E-state index is -8.67. The van der Waals surface area contributed by atoms with Crippen LogP contribution in [0.5, 0.6) is 0 Å². The topological polar surface area (TPSA) is 38.7 Å². The van der Waals surface area contributed by atoms with E-state index in [2.05, 4.69) is 8.85 Å². The van der Waals surface area contributed by atoms with Gasteiger partial charge in [-0.05, 0) is 6.04 Å². The van der Waals surface area contributed by atoms with Crippen LogP contribution in [0.2, 0.25) is 12.1 Å². The molecule has 0 fully saturated rings. The van der Waals surface area contributed by atoms with E-state index < -0.39 is 135 Å². The smallest absolute Gasteiger partial charge is 0.390 e. The Morgan fingerprint density at radius 1 is 0.318 bits per heavy atom. The highest BCUT2D eigenvalue weighted by Crippen LogP contribution is 2.66. The SMILES string of the molecule is CC.CO[Si](O)(CCC(F)(F)C(F)(F)C(F)(F)C(F)(F)C(F)(F)C(F)(F)C(F)(F)C(F)(F)F)OC.FC(F)(F)C(F)(F)C(F)(F)C(F)(F)C(F)(F)C(F)(F)C(F)(F)C(F)(F)CC[Si](Cl)(Cl)Cl. The van der Waals surface area contributed by atoms with E-state index in [0.717, 1.165) is 0 Å². The summed E-state index contributed by atoms with van der Waals surface area (Å²) in [5.74, 6) is -113. The molecule has 0 aromatic rings. The summed E-state index contributed by atoms with van der Waals surface area (Å²) in [5.41, 5.74) is 0. The maximum atomic E-state index is 13.6. The van der Waals surface area contributed by atoms with Crippen LogP contribution in [-0.4, -0.2) is 129 Å². The van der Waals surface area contributed by atoms with Crippen LogP contribution in [0.4, 0.5) is 149 Å². The van der Waals surface area contributed by atoms with Crippen molar-refractivity contribution in [3.05, 3.63) is 0 Å². The van der Waals surface area contributed by atoms with Gasteiger partial charge in [0, 0.05) is 33.1 Å². The molecule has 0 aromatic heterocycles. The summed E-state index contributed by atoms with van der Waals surface area (Å²) in [6.07, 6.45) is -21.1. The van der Waals surface area contributed by atoms with E-state index in [4.69, 9.17) is 33.2 Å². The second-order valence-electron chi connectivity index (χ2n) is 12.0. The van der Waals surface area contributed by atoms with Crippen molar-refractivity contribution in [2.24, 2.45) is 0 Å². The second-order valence-corrected chi connectivity index (χ2v) is 24.1. The molecule has 1 N–H and O–H groups in total. The summed E-state index contributed by atoms with van der Waals surface area (Å²) >= 11 is 14.9. The highest BCUT2D eigenvalue weighted by molar-refractivity contribution is 7.64. The van der Waals surface area contributed by atoms with Crippen LogP contribution in [0.15, 0.2) is 0 Å². The summed E-state index contributed by atoms with van der Waals surface area (Å²) in [4.78, 5) is 9.39. The molecular formula is C24H21Cl3F34O3Si2. The molecular weight excluding hydrogens is 1140 g/mol. The predicted octanol–water partition coefficient (Wildman–Crippen LogP) is 14.7. The molecule has 0 radical (unpaired) electrons. The average molecular weight is 1170 g/mol. The molecule has 0 saturated heterocycles. The van der Waals surface area contributed by atoms with Crippen LogP contribution >= 0.6 is 33.2 Å². The first-order chi connectivity index (χ1) is 28.0. The minimum Gasteiger partial charge on any atom is -0.390 e. The summed E-state index contributed by atoms with van der Waals surface area (Å²) in [7, 11) is -3.82. The lowest BCUT2D eigenvalue weighted by atomic mass is 9.88. The second kappa shape index (κ2) is 19.8. The minimum absolute atomic E-state index is 0.512. The van der Waals surface area contributed by atoms with Crippen molar-refractivity contribution in [1.82, 2.24) is 0 Å². The molecule has 0 bridgehead atoms. The molecule has 0 aliphatic rings. The first-order valence-corrected chi connectivity index (χ1v) is 22.6. The lowest BCUT2D eigenvalue weighted by molar-refractivity contribution is -0.461. The van der Waals surface area contributed by atoms with Gasteiger partial charge < -0.3 is 13.6 Å². The Bertz CT molecular complexity index is 1570. The molecule has 0 amide bonds. The van der Waals surface area contributed by atoms with Crippen LogP contribution in [0, 0.1) is 0 Å². The van der Waals surface area contributed by atoms with Crippen LogP contribution < -0.4 is 0 Å². The van der Waals surface area contributed by atoms with Crippen LogP contribution in [-0.2, 0) is 8.85 Å². The quantitative estimate of drug-likeness (QED) is 0.0750. The molecule has 42 heteroatoms. The van der Waals surface area contributed by atoms with Gasteiger partial charge in [0.1, 0.15) is 0 Å². The fourth-order valence-electron chi connectivity index (χ4n) is 3.61. The van der Waals surface area contributed by atoms with Gasteiger partial charge in [0.15, 0.2) is 0 Å². The zero-order chi connectivity index (χ0) is 55.2. The fourth-order valence-corrected chi connectivity index (χ4v) is 6.26. The maximum absolute atomic E-state index is 13.6. The molecule has 402 valence electrons.